The zero-order valence-electron chi connectivity index (χ0n) is 22.5. The first kappa shape index (κ1) is 27.4. The number of carboxylic acid groups (broad SMARTS) is 1. The SMILES string of the molecule is O=C(O)c1cccc(NC(=O)[C@@H](Cc2ccccc2)N2C(=O)[C@@H]3[C@H](C2=O)C2(Cl)c4ccccc4C3(Cl)c3ccccc32)c1. The van der Waals surface area contributed by atoms with Crippen molar-refractivity contribution < 1.29 is 24.3 Å². The Morgan fingerprint density at radius 3 is 1.72 bits per heavy atom. The van der Waals surface area contributed by atoms with E-state index in [9.17, 15) is 24.3 Å². The van der Waals surface area contributed by atoms with Crippen molar-refractivity contribution in [2.24, 2.45) is 11.8 Å². The molecule has 3 aliphatic carbocycles. The molecule has 0 spiro atoms. The summed E-state index contributed by atoms with van der Waals surface area (Å²) in [6, 6.07) is 28.3. The van der Waals surface area contributed by atoms with Crippen molar-refractivity contribution in [3.63, 3.8) is 0 Å². The molecule has 0 unspecified atom stereocenters. The molecule has 4 aromatic rings. The fourth-order valence-corrected chi connectivity index (χ4v) is 8.19. The smallest absolute Gasteiger partial charge is 0.335 e. The second-order valence-corrected chi connectivity index (χ2v) is 12.3. The number of nitrogens with one attached hydrogen (secondary N) is 1. The largest absolute Gasteiger partial charge is 0.478 e. The molecule has 4 aromatic carbocycles. The molecule has 1 aliphatic heterocycles. The number of rotatable bonds is 6. The van der Waals surface area contributed by atoms with E-state index in [0.29, 0.717) is 22.3 Å². The Balaban J connectivity index is 1.35. The molecule has 2 N–H and O–H groups in total. The van der Waals surface area contributed by atoms with Crippen LogP contribution in [0.4, 0.5) is 5.69 Å². The summed E-state index contributed by atoms with van der Waals surface area (Å²) in [6.07, 6.45) is 0.0344. The highest BCUT2D eigenvalue weighted by Crippen LogP contribution is 2.69. The molecule has 0 aromatic heterocycles. The molecule has 7 nitrogen and oxygen atoms in total. The fraction of sp³-hybridized carbons (Fsp3) is 0.176. The van der Waals surface area contributed by atoms with E-state index >= 15 is 0 Å². The van der Waals surface area contributed by atoms with Crippen LogP contribution in [0.2, 0.25) is 0 Å². The topological polar surface area (TPSA) is 104 Å². The minimum Gasteiger partial charge on any atom is -0.478 e. The highest BCUT2D eigenvalue weighted by atomic mass is 35.5. The molecule has 214 valence electrons. The van der Waals surface area contributed by atoms with Gasteiger partial charge in [-0.3, -0.25) is 19.3 Å². The van der Waals surface area contributed by atoms with Gasteiger partial charge in [-0.25, -0.2) is 4.79 Å². The predicted octanol–water partition coefficient (Wildman–Crippen LogP) is 5.53. The first-order valence-electron chi connectivity index (χ1n) is 13.8. The van der Waals surface area contributed by atoms with E-state index in [0.717, 1.165) is 10.5 Å². The van der Waals surface area contributed by atoms with Crippen LogP contribution in [-0.2, 0) is 30.6 Å². The molecule has 8 rings (SSSR count). The highest BCUT2D eigenvalue weighted by molar-refractivity contribution is 6.36. The van der Waals surface area contributed by atoms with Crippen molar-refractivity contribution in [2.75, 3.05) is 5.32 Å². The van der Waals surface area contributed by atoms with Crippen molar-refractivity contribution in [1.29, 1.82) is 0 Å². The quantitative estimate of drug-likeness (QED) is 0.221. The Morgan fingerprint density at radius 2 is 1.23 bits per heavy atom. The summed E-state index contributed by atoms with van der Waals surface area (Å²) in [4.78, 5) is 52.9. The lowest BCUT2D eigenvalue weighted by molar-refractivity contribution is -0.146. The maximum Gasteiger partial charge on any atom is 0.335 e. The van der Waals surface area contributed by atoms with Gasteiger partial charge >= 0.3 is 5.97 Å². The number of likely N-dealkylation sites (tertiary alicyclic amines) is 1. The molecule has 1 fully saturated rings. The molecule has 1 heterocycles. The average molecular weight is 611 g/mol. The predicted molar refractivity (Wildman–Crippen MR) is 161 cm³/mol. The van der Waals surface area contributed by atoms with E-state index in [2.05, 4.69) is 5.32 Å². The number of hydrogen-bond donors (Lipinski definition) is 2. The van der Waals surface area contributed by atoms with E-state index in [1.54, 1.807) is 6.07 Å². The van der Waals surface area contributed by atoms with Crippen LogP contribution in [0.25, 0.3) is 0 Å². The molecular formula is C34H24Cl2N2O5. The summed E-state index contributed by atoms with van der Waals surface area (Å²) in [5.41, 5.74) is 3.62. The number of carbonyl (C=O) groups is 4. The van der Waals surface area contributed by atoms with Gasteiger partial charge in [-0.05, 0) is 46.0 Å². The van der Waals surface area contributed by atoms with Crippen molar-refractivity contribution >= 4 is 52.6 Å². The number of halogens is 2. The molecule has 9 heteroatoms. The summed E-state index contributed by atoms with van der Waals surface area (Å²) in [7, 11) is 0. The van der Waals surface area contributed by atoms with E-state index in [1.807, 2.05) is 78.9 Å². The third-order valence-corrected chi connectivity index (χ3v) is 10.2. The fourth-order valence-electron chi connectivity index (χ4n) is 7.09. The van der Waals surface area contributed by atoms with Crippen LogP contribution >= 0.6 is 23.2 Å². The minimum absolute atomic E-state index is 0.0166. The third-order valence-electron chi connectivity index (χ3n) is 8.88. The Hall–Kier alpha value is -4.46. The number of benzene rings is 4. The van der Waals surface area contributed by atoms with Gasteiger partial charge in [-0.2, -0.15) is 0 Å². The number of aromatic carboxylic acids is 1. The molecule has 0 radical (unpaired) electrons. The van der Waals surface area contributed by atoms with E-state index in [-0.39, 0.29) is 17.7 Å². The Kier molecular flexibility index (Phi) is 6.24. The van der Waals surface area contributed by atoms with Crippen LogP contribution in [0.5, 0.6) is 0 Å². The summed E-state index contributed by atoms with van der Waals surface area (Å²) >= 11 is 15.1. The first-order chi connectivity index (χ1) is 20.7. The van der Waals surface area contributed by atoms with Crippen LogP contribution in [0, 0.1) is 11.8 Å². The number of nitrogens with zero attached hydrogens (tertiary/aromatic N) is 1. The van der Waals surface area contributed by atoms with Crippen LogP contribution in [0.1, 0.15) is 38.2 Å². The van der Waals surface area contributed by atoms with E-state index in [4.69, 9.17) is 23.2 Å². The number of hydrogen-bond acceptors (Lipinski definition) is 4. The van der Waals surface area contributed by atoms with Gasteiger partial charge in [0.2, 0.25) is 17.7 Å². The van der Waals surface area contributed by atoms with E-state index < -0.39 is 51.3 Å². The molecule has 1 saturated heterocycles. The summed E-state index contributed by atoms with van der Waals surface area (Å²) in [6.45, 7) is 0. The van der Waals surface area contributed by atoms with Crippen molar-refractivity contribution in [2.45, 2.75) is 22.2 Å². The number of anilines is 1. The molecule has 3 amide bonds. The lowest BCUT2D eigenvalue weighted by Crippen LogP contribution is -2.57. The molecule has 43 heavy (non-hydrogen) atoms. The molecule has 4 aliphatic rings. The second-order valence-electron chi connectivity index (χ2n) is 11.1. The monoisotopic (exact) mass is 610 g/mol. The Morgan fingerprint density at radius 1 is 0.744 bits per heavy atom. The number of imide groups is 1. The van der Waals surface area contributed by atoms with Gasteiger partial charge in [0.05, 0.1) is 17.4 Å². The highest BCUT2D eigenvalue weighted by Gasteiger charge is 2.73. The number of carboxylic acids is 1. The third kappa shape index (κ3) is 3.81. The van der Waals surface area contributed by atoms with Gasteiger partial charge in [0, 0.05) is 12.1 Å². The maximum absolute atomic E-state index is 14.5. The Bertz CT molecular complexity index is 1720. The van der Waals surface area contributed by atoms with Crippen molar-refractivity contribution in [1.82, 2.24) is 4.90 Å². The van der Waals surface area contributed by atoms with Gasteiger partial charge in [0.25, 0.3) is 0 Å². The summed E-state index contributed by atoms with van der Waals surface area (Å²) < 4.78 is 0. The normalized spacial score (nSPS) is 25.5. The van der Waals surface area contributed by atoms with Gasteiger partial charge in [0.1, 0.15) is 15.8 Å². The molecule has 2 bridgehead atoms. The summed E-state index contributed by atoms with van der Waals surface area (Å²) in [5.74, 6) is -5.04. The van der Waals surface area contributed by atoms with Gasteiger partial charge in [-0.15, -0.1) is 23.2 Å². The minimum atomic E-state index is -1.38. The van der Waals surface area contributed by atoms with Gasteiger partial charge in [-0.1, -0.05) is 84.9 Å². The Labute approximate surface area is 257 Å². The lowest BCUT2D eigenvalue weighted by Gasteiger charge is -2.54. The zero-order chi connectivity index (χ0) is 30.1. The van der Waals surface area contributed by atoms with Crippen molar-refractivity contribution in [3.8, 4) is 0 Å². The van der Waals surface area contributed by atoms with Crippen LogP contribution < -0.4 is 5.32 Å². The van der Waals surface area contributed by atoms with E-state index in [1.165, 1.54) is 18.2 Å². The lowest BCUT2D eigenvalue weighted by atomic mass is 9.54. The molecular weight excluding hydrogens is 587 g/mol. The van der Waals surface area contributed by atoms with Gasteiger partial charge < -0.3 is 10.4 Å². The maximum atomic E-state index is 14.5. The van der Waals surface area contributed by atoms with Crippen LogP contribution in [0.15, 0.2) is 103 Å². The van der Waals surface area contributed by atoms with Crippen molar-refractivity contribution in [3.05, 3.63) is 137 Å². The second kappa shape index (κ2) is 9.79. The summed E-state index contributed by atoms with van der Waals surface area (Å²) in [5, 5.41) is 12.2. The molecule has 3 atom stereocenters. The first-order valence-corrected chi connectivity index (χ1v) is 14.6. The standard InChI is InChI=1S/C34H24Cl2N2O5/c35-33-22-13-4-5-14-23(22)34(36,25-16-7-6-15-24(25)33)28-27(33)30(40)38(31(28)41)26(17-19-9-2-1-3-10-19)29(39)37-21-12-8-11-20(18-21)32(42)43/h1-16,18,26-28H,17H2,(H,37,39)(H,42,43)/t26-,27-,28+,33?,34?/m1/s1. The number of carbonyl (C=O) groups excluding carboxylic acids is 3. The zero-order valence-corrected chi connectivity index (χ0v) is 24.0. The van der Waals surface area contributed by atoms with Gasteiger partial charge in [0.15, 0.2) is 0 Å². The van der Waals surface area contributed by atoms with Crippen LogP contribution in [-0.4, -0.2) is 39.7 Å². The number of amides is 3. The number of alkyl halides is 2. The average Bonchev–Trinajstić information content (AvgIpc) is 3.29. The molecule has 0 saturated carbocycles. The van der Waals surface area contributed by atoms with Crippen LogP contribution in [0.3, 0.4) is 0 Å².